The lowest BCUT2D eigenvalue weighted by Crippen LogP contribution is -2.55. The van der Waals surface area contributed by atoms with Crippen molar-refractivity contribution in [1.29, 1.82) is 0 Å². The van der Waals surface area contributed by atoms with Crippen molar-refractivity contribution in [3.8, 4) is 5.69 Å². The van der Waals surface area contributed by atoms with E-state index in [4.69, 9.17) is 0 Å². The topological polar surface area (TPSA) is 145 Å². The number of nitrogens with one attached hydrogen (secondary N) is 2. The molecule has 3 aromatic heterocycles. The van der Waals surface area contributed by atoms with Gasteiger partial charge < -0.3 is 14.8 Å². The molecule has 0 saturated carbocycles. The van der Waals surface area contributed by atoms with Gasteiger partial charge in [0.15, 0.2) is 0 Å². The van der Waals surface area contributed by atoms with E-state index in [9.17, 15) is 24.0 Å². The van der Waals surface area contributed by atoms with Gasteiger partial charge in [-0.25, -0.2) is 9.37 Å². The van der Waals surface area contributed by atoms with Gasteiger partial charge in [-0.15, -0.1) is 0 Å². The average molecular weight is 958 g/mol. The molecule has 4 aliphatic heterocycles. The number of pyridine rings is 2. The zero-order valence-electron chi connectivity index (χ0n) is 41.2. The van der Waals surface area contributed by atoms with Crippen LogP contribution < -0.4 is 26.0 Å². The number of amides is 4. The summed E-state index contributed by atoms with van der Waals surface area (Å²) in [5.41, 5.74) is 9.67. The molecule has 2 saturated heterocycles. The first-order valence-electron chi connectivity index (χ1n) is 24.6. The number of imide groups is 1. The molecule has 4 amide bonds. The second-order valence-corrected chi connectivity index (χ2v) is 20.1. The molecule has 0 unspecified atom stereocenters. The molecule has 366 valence electrons. The van der Waals surface area contributed by atoms with Crippen molar-refractivity contribution in [2.24, 2.45) is 7.05 Å². The van der Waals surface area contributed by atoms with Crippen LogP contribution in [-0.2, 0) is 39.9 Å². The van der Waals surface area contributed by atoms with Crippen LogP contribution in [0.2, 0.25) is 0 Å². The van der Waals surface area contributed by atoms with Crippen molar-refractivity contribution < 1.29 is 23.6 Å². The molecule has 0 radical (unpaired) electrons. The van der Waals surface area contributed by atoms with Gasteiger partial charge in [-0.2, -0.15) is 0 Å². The number of anilines is 3. The van der Waals surface area contributed by atoms with Crippen LogP contribution in [-0.4, -0.2) is 93.9 Å². The Bertz CT molecular complexity index is 3200. The van der Waals surface area contributed by atoms with Crippen molar-refractivity contribution in [3.63, 3.8) is 0 Å². The average Bonchev–Trinajstić information content (AvgIpc) is 3.78. The van der Waals surface area contributed by atoms with Crippen molar-refractivity contribution in [1.82, 2.24) is 29.2 Å². The maximum Gasteiger partial charge on any atom is 0.258 e. The Labute approximate surface area is 412 Å². The number of aromatic nitrogens is 3. The zero-order chi connectivity index (χ0) is 49.9. The molecule has 6 aromatic rings. The smallest absolute Gasteiger partial charge is 0.258 e. The van der Waals surface area contributed by atoms with Gasteiger partial charge in [0, 0.05) is 111 Å². The fraction of sp³-hybridized carbons (Fsp3) is 0.357. The lowest BCUT2D eigenvalue weighted by molar-refractivity contribution is -0.136. The van der Waals surface area contributed by atoms with Crippen LogP contribution in [0.3, 0.4) is 0 Å². The summed E-state index contributed by atoms with van der Waals surface area (Å²) in [6.07, 6.45) is 8.72. The van der Waals surface area contributed by atoms with Gasteiger partial charge in [0.2, 0.25) is 17.7 Å². The number of likely N-dealkylation sites (tertiary alicyclic amines) is 1. The van der Waals surface area contributed by atoms with Gasteiger partial charge in [0.25, 0.3) is 11.5 Å². The molecule has 71 heavy (non-hydrogen) atoms. The fourth-order valence-corrected chi connectivity index (χ4v) is 11.2. The molecule has 1 atom stereocenters. The SMILES string of the molecule is CNc1ccn(-c2ccnc3c2cc(CN2CC=C(c4c(C)cc(C(=O)N(C)c5ccc(C6CCN(Cc7ccc8c(c7)C(C)(C)C(=O)N8[C@H]7CCC(=O)NC7=O)CC6)cc5)cc4F)CC2)n3C)c(=O)c1. The molecule has 2 N–H and O–H groups in total. The molecular weight excluding hydrogens is 898 g/mol. The Morgan fingerprint density at radius 2 is 1.66 bits per heavy atom. The molecule has 14 nitrogen and oxygen atoms in total. The van der Waals surface area contributed by atoms with E-state index in [2.05, 4.69) is 60.3 Å². The standard InChI is InChI=1S/C56H60FN9O5/c1-34-27-39(29-45(57)51(34)38-18-24-64(25-19-38)33-42-31-43-46(15-21-59-52(43)61(42)5)65-26-20-40(58-4)30-50(65)68)54(70)62(6)41-10-8-36(9-11-41)37-16-22-63(23-17-37)32-35-7-12-47-44(28-35)56(2,3)55(71)66(47)48-13-14-49(67)60-53(48)69/h7-12,15,18,20-21,26-31,37,48,58H,13-14,16-17,19,22-25,32-33H2,1-6H3,(H,60,67,69)/t48-/m0/s1. The highest BCUT2D eigenvalue weighted by Crippen LogP contribution is 2.44. The van der Waals surface area contributed by atoms with E-state index < -0.39 is 23.2 Å². The van der Waals surface area contributed by atoms with Gasteiger partial charge >= 0.3 is 0 Å². The Morgan fingerprint density at radius 3 is 2.35 bits per heavy atom. The number of halogens is 1. The number of hydrogen-bond acceptors (Lipinski definition) is 9. The van der Waals surface area contributed by atoms with Crippen LogP contribution in [0.1, 0.15) is 95.7 Å². The van der Waals surface area contributed by atoms with E-state index in [1.165, 1.54) is 11.6 Å². The first-order chi connectivity index (χ1) is 34.1. The normalized spacial score (nSPS) is 18.7. The largest absolute Gasteiger partial charge is 0.388 e. The minimum absolute atomic E-state index is 0.126. The number of carbonyl (C=O) groups excluding carboxylic acids is 4. The third-order valence-corrected chi connectivity index (χ3v) is 15.3. The lowest BCUT2D eigenvalue weighted by Gasteiger charge is -2.32. The van der Waals surface area contributed by atoms with Gasteiger partial charge in [-0.1, -0.05) is 30.3 Å². The fourth-order valence-electron chi connectivity index (χ4n) is 11.2. The van der Waals surface area contributed by atoms with Crippen molar-refractivity contribution in [2.75, 3.05) is 55.4 Å². The highest BCUT2D eigenvalue weighted by Gasteiger charge is 2.49. The molecule has 0 spiro atoms. The highest BCUT2D eigenvalue weighted by molar-refractivity contribution is 6.13. The summed E-state index contributed by atoms with van der Waals surface area (Å²) in [7, 11) is 5.50. The van der Waals surface area contributed by atoms with Crippen molar-refractivity contribution in [3.05, 3.63) is 153 Å². The van der Waals surface area contributed by atoms with E-state index in [0.717, 1.165) is 101 Å². The van der Waals surface area contributed by atoms with Crippen LogP contribution in [0.25, 0.3) is 22.3 Å². The molecule has 3 aromatic carbocycles. The Balaban J connectivity index is 0.742. The molecule has 2 fully saturated rings. The molecular formula is C56H60FN9O5. The number of fused-ring (bicyclic) bond motifs is 2. The highest BCUT2D eigenvalue weighted by atomic mass is 19.1. The van der Waals surface area contributed by atoms with Crippen LogP contribution in [0, 0.1) is 12.7 Å². The Kier molecular flexibility index (Phi) is 12.6. The minimum Gasteiger partial charge on any atom is -0.388 e. The second kappa shape index (κ2) is 18.8. The van der Waals surface area contributed by atoms with Gasteiger partial charge in [0.1, 0.15) is 17.5 Å². The maximum absolute atomic E-state index is 16.1. The summed E-state index contributed by atoms with van der Waals surface area (Å²) in [6, 6.07) is 24.1. The first-order valence-corrected chi connectivity index (χ1v) is 24.6. The van der Waals surface area contributed by atoms with Gasteiger partial charge in [0.05, 0.1) is 11.1 Å². The molecule has 4 aliphatic rings. The van der Waals surface area contributed by atoms with E-state index in [1.807, 2.05) is 64.2 Å². The maximum atomic E-state index is 16.1. The molecule has 7 heterocycles. The lowest BCUT2D eigenvalue weighted by atomic mass is 9.85. The van der Waals surface area contributed by atoms with Gasteiger partial charge in [-0.05, 0) is 142 Å². The summed E-state index contributed by atoms with van der Waals surface area (Å²) in [6.45, 7) is 10.3. The van der Waals surface area contributed by atoms with Crippen molar-refractivity contribution in [2.45, 2.75) is 83.3 Å². The first kappa shape index (κ1) is 47.4. The second-order valence-electron chi connectivity index (χ2n) is 20.1. The van der Waals surface area contributed by atoms with Crippen LogP contribution >= 0.6 is 0 Å². The minimum atomic E-state index is -0.790. The summed E-state index contributed by atoms with van der Waals surface area (Å²) >= 11 is 0. The summed E-state index contributed by atoms with van der Waals surface area (Å²) in [5.74, 6) is -1.16. The Hall–Kier alpha value is -7.23. The Morgan fingerprint density at radius 1 is 0.887 bits per heavy atom. The van der Waals surface area contributed by atoms with E-state index in [0.29, 0.717) is 43.0 Å². The molecule has 15 heteroatoms. The molecule has 10 rings (SSSR count). The predicted octanol–water partition coefficient (Wildman–Crippen LogP) is 7.59. The molecule has 0 bridgehead atoms. The third-order valence-electron chi connectivity index (χ3n) is 15.3. The number of aryl methyl sites for hydroxylation is 2. The number of carbonyl (C=O) groups is 4. The molecule has 0 aliphatic carbocycles. The summed E-state index contributed by atoms with van der Waals surface area (Å²) in [4.78, 5) is 77.6. The quantitative estimate of drug-likeness (QED) is 0.126. The number of hydrogen-bond donors (Lipinski definition) is 2. The van der Waals surface area contributed by atoms with E-state index in [1.54, 1.807) is 53.0 Å². The summed E-state index contributed by atoms with van der Waals surface area (Å²) < 4.78 is 19.8. The zero-order valence-corrected chi connectivity index (χ0v) is 41.2. The summed E-state index contributed by atoms with van der Waals surface area (Å²) in [5, 5.41) is 6.30. The van der Waals surface area contributed by atoms with Crippen LogP contribution in [0.15, 0.2) is 102 Å². The van der Waals surface area contributed by atoms with E-state index >= 15 is 4.39 Å². The van der Waals surface area contributed by atoms with Gasteiger partial charge in [-0.3, -0.25) is 48.6 Å². The third kappa shape index (κ3) is 8.86. The predicted molar refractivity (Wildman–Crippen MR) is 274 cm³/mol. The number of rotatable bonds is 11. The van der Waals surface area contributed by atoms with Crippen LogP contribution in [0.5, 0.6) is 0 Å². The number of piperidine rings is 2. The van der Waals surface area contributed by atoms with Crippen molar-refractivity contribution >= 4 is 57.3 Å². The van der Waals surface area contributed by atoms with Crippen LogP contribution in [0.4, 0.5) is 21.5 Å². The monoisotopic (exact) mass is 957 g/mol. The number of benzene rings is 3. The number of nitrogens with zero attached hydrogens (tertiary/aromatic N) is 7. The van der Waals surface area contributed by atoms with E-state index in [-0.39, 0.29) is 29.7 Å².